The molecule has 0 unspecified atom stereocenters. The Kier molecular flexibility index (Phi) is 4.83. The Balaban J connectivity index is 2.68. The molecule has 0 N–H and O–H groups in total. The first kappa shape index (κ1) is 12.6. The number of hydrogen-bond acceptors (Lipinski definition) is 1. The first-order valence-corrected chi connectivity index (χ1v) is 5.65. The van der Waals surface area contributed by atoms with Gasteiger partial charge in [0.1, 0.15) is 0 Å². The summed E-state index contributed by atoms with van der Waals surface area (Å²) in [5.41, 5.74) is 1.17. The number of carbonyl (C=O) groups is 1. The molecule has 0 radical (unpaired) electrons. The van der Waals surface area contributed by atoms with E-state index in [0.717, 1.165) is 13.0 Å². The van der Waals surface area contributed by atoms with Crippen LogP contribution in [-0.4, -0.2) is 36.5 Å². The van der Waals surface area contributed by atoms with Crippen LogP contribution in [0.1, 0.15) is 18.9 Å². The normalized spacial score (nSPS) is 9.94. The van der Waals surface area contributed by atoms with Crippen LogP contribution in [0.15, 0.2) is 30.3 Å². The van der Waals surface area contributed by atoms with E-state index < -0.39 is 0 Å². The predicted molar refractivity (Wildman–Crippen MR) is 66.2 cm³/mol. The van der Waals surface area contributed by atoms with E-state index in [0.29, 0.717) is 6.54 Å². The van der Waals surface area contributed by atoms with E-state index in [9.17, 15) is 4.79 Å². The molecule has 3 nitrogen and oxygen atoms in total. The van der Waals surface area contributed by atoms with Gasteiger partial charge in [0.25, 0.3) is 0 Å². The summed E-state index contributed by atoms with van der Waals surface area (Å²) in [7, 11) is 3.58. The number of urea groups is 1. The maximum absolute atomic E-state index is 11.9. The fourth-order valence-electron chi connectivity index (χ4n) is 1.60. The molecule has 1 aromatic rings. The van der Waals surface area contributed by atoms with E-state index in [4.69, 9.17) is 0 Å². The van der Waals surface area contributed by atoms with E-state index in [-0.39, 0.29) is 6.03 Å². The summed E-state index contributed by atoms with van der Waals surface area (Å²) in [6, 6.07) is 10.2. The molecule has 0 spiro atoms. The van der Waals surface area contributed by atoms with Gasteiger partial charge < -0.3 is 9.80 Å². The van der Waals surface area contributed by atoms with Crippen molar-refractivity contribution in [2.45, 2.75) is 19.9 Å². The molecule has 0 aliphatic carbocycles. The highest BCUT2D eigenvalue weighted by molar-refractivity contribution is 5.73. The van der Waals surface area contributed by atoms with Gasteiger partial charge in [0.05, 0.1) is 0 Å². The molecule has 0 atom stereocenters. The van der Waals surface area contributed by atoms with Crippen LogP contribution < -0.4 is 0 Å². The smallest absolute Gasteiger partial charge is 0.319 e. The Bertz CT molecular complexity index is 322. The Morgan fingerprint density at radius 1 is 1.19 bits per heavy atom. The van der Waals surface area contributed by atoms with E-state index in [1.54, 1.807) is 19.0 Å². The Labute approximate surface area is 97.7 Å². The van der Waals surface area contributed by atoms with Gasteiger partial charge in [0.2, 0.25) is 0 Å². The van der Waals surface area contributed by atoms with Crippen LogP contribution in [0.25, 0.3) is 0 Å². The van der Waals surface area contributed by atoms with Crippen LogP contribution >= 0.6 is 0 Å². The minimum atomic E-state index is 0.0747. The van der Waals surface area contributed by atoms with Crippen molar-refractivity contribution < 1.29 is 4.79 Å². The zero-order chi connectivity index (χ0) is 12.0. The molecule has 88 valence electrons. The molecule has 0 bridgehead atoms. The topological polar surface area (TPSA) is 23.6 Å². The molecule has 1 aromatic carbocycles. The summed E-state index contributed by atoms with van der Waals surface area (Å²) < 4.78 is 0. The molecular formula is C13H20N2O. The summed E-state index contributed by atoms with van der Waals surface area (Å²) in [6.45, 7) is 3.57. The maximum Gasteiger partial charge on any atom is 0.319 e. The first-order valence-electron chi connectivity index (χ1n) is 5.65. The molecule has 0 saturated carbocycles. The monoisotopic (exact) mass is 220 g/mol. The average molecular weight is 220 g/mol. The summed E-state index contributed by atoms with van der Waals surface area (Å²) >= 11 is 0. The van der Waals surface area contributed by atoms with Crippen molar-refractivity contribution >= 4 is 6.03 Å². The third-order valence-electron chi connectivity index (χ3n) is 2.36. The van der Waals surface area contributed by atoms with Crippen LogP contribution in [-0.2, 0) is 6.54 Å². The molecule has 0 heterocycles. The van der Waals surface area contributed by atoms with Crippen molar-refractivity contribution in [2.75, 3.05) is 20.6 Å². The number of rotatable bonds is 4. The van der Waals surface area contributed by atoms with Gasteiger partial charge in [-0.2, -0.15) is 0 Å². The third kappa shape index (κ3) is 3.57. The number of carbonyl (C=O) groups excluding carboxylic acids is 1. The predicted octanol–water partition coefficient (Wildman–Crippen LogP) is 2.58. The second kappa shape index (κ2) is 6.16. The van der Waals surface area contributed by atoms with Crippen LogP contribution in [0.4, 0.5) is 4.79 Å². The highest BCUT2D eigenvalue weighted by atomic mass is 16.2. The van der Waals surface area contributed by atoms with Gasteiger partial charge in [0.15, 0.2) is 0 Å². The molecule has 0 aromatic heterocycles. The van der Waals surface area contributed by atoms with Crippen LogP contribution in [0.2, 0.25) is 0 Å². The van der Waals surface area contributed by atoms with Crippen LogP contribution in [0.5, 0.6) is 0 Å². The lowest BCUT2D eigenvalue weighted by molar-refractivity contribution is 0.168. The van der Waals surface area contributed by atoms with E-state index in [1.165, 1.54) is 5.56 Å². The van der Waals surface area contributed by atoms with Gasteiger partial charge in [-0.3, -0.25) is 0 Å². The molecule has 0 aliphatic heterocycles. The van der Waals surface area contributed by atoms with Crippen molar-refractivity contribution in [3.63, 3.8) is 0 Å². The van der Waals surface area contributed by atoms with Crippen LogP contribution in [0, 0.1) is 0 Å². The minimum absolute atomic E-state index is 0.0747. The average Bonchev–Trinajstić information content (AvgIpc) is 2.29. The lowest BCUT2D eigenvalue weighted by Crippen LogP contribution is -2.39. The van der Waals surface area contributed by atoms with Gasteiger partial charge in [-0.1, -0.05) is 37.3 Å². The molecule has 16 heavy (non-hydrogen) atoms. The Hall–Kier alpha value is -1.51. The summed E-state index contributed by atoms with van der Waals surface area (Å²) in [6.07, 6.45) is 0.979. The Morgan fingerprint density at radius 2 is 1.81 bits per heavy atom. The lowest BCUT2D eigenvalue weighted by Gasteiger charge is -2.25. The molecule has 0 fully saturated rings. The molecule has 2 amide bonds. The largest absolute Gasteiger partial charge is 0.331 e. The Morgan fingerprint density at radius 3 is 2.31 bits per heavy atom. The second-order valence-corrected chi connectivity index (χ2v) is 4.08. The van der Waals surface area contributed by atoms with E-state index in [2.05, 4.69) is 6.92 Å². The highest BCUT2D eigenvalue weighted by Crippen LogP contribution is 2.06. The molecular weight excluding hydrogens is 200 g/mol. The minimum Gasteiger partial charge on any atom is -0.331 e. The zero-order valence-electron chi connectivity index (χ0n) is 10.3. The molecule has 3 heteroatoms. The van der Waals surface area contributed by atoms with Gasteiger partial charge in [-0.15, -0.1) is 0 Å². The number of amides is 2. The zero-order valence-corrected chi connectivity index (χ0v) is 10.3. The molecule has 0 aliphatic rings. The van der Waals surface area contributed by atoms with Crippen molar-refractivity contribution in [2.24, 2.45) is 0 Å². The van der Waals surface area contributed by atoms with Crippen molar-refractivity contribution in [3.8, 4) is 0 Å². The van der Waals surface area contributed by atoms with E-state index in [1.807, 2.05) is 35.2 Å². The van der Waals surface area contributed by atoms with Gasteiger partial charge in [-0.25, -0.2) is 4.79 Å². The second-order valence-electron chi connectivity index (χ2n) is 4.08. The fourth-order valence-corrected chi connectivity index (χ4v) is 1.60. The summed E-state index contributed by atoms with van der Waals surface area (Å²) in [5.74, 6) is 0. The first-order chi connectivity index (χ1) is 7.65. The highest BCUT2D eigenvalue weighted by Gasteiger charge is 2.14. The fraction of sp³-hybridized carbons (Fsp3) is 0.462. The molecule has 1 rings (SSSR count). The van der Waals surface area contributed by atoms with Gasteiger partial charge >= 0.3 is 6.03 Å². The SMILES string of the molecule is CCCN(Cc1ccccc1)C(=O)N(C)C. The number of benzene rings is 1. The quantitative estimate of drug-likeness (QED) is 0.765. The number of nitrogens with zero attached hydrogens (tertiary/aromatic N) is 2. The van der Waals surface area contributed by atoms with E-state index >= 15 is 0 Å². The summed E-state index contributed by atoms with van der Waals surface area (Å²) in [4.78, 5) is 15.4. The van der Waals surface area contributed by atoms with Gasteiger partial charge in [-0.05, 0) is 12.0 Å². The standard InChI is InChI=1S/C13H20N2O/c1-4-10-15(13(16)14(2)3)11-12-8-6-5-7-9-12/h5-9H,4,10-11H2,1-3H3. The maximum atomic E-state index is 11.9. The third-order valence-corrected chi connectivity index (χ3v) is 2.36. The lowest BCUT2D eigenvalue weighted by atomic mass is 10.2. The van der Waals surface area contributed by atoms with Crippen molar-refractivity contribution in [3.05, 3.63) is 35.9 Å². The van der Waals surface area contributed by atoms with Crippen molar-refractivity contribution in [1.82, 2.24) is 9.80 Å². The van der Waals surface area contributed by atoms with Gasteiger partial charge in [0, 0.05) is 27.2 Å². The molecule has 0 saturated heterocycles. The summed E-state index contributed by atoms with van der Waals surface area (Å²) in [5, 5.41) is 0. The van der Waals surface area contributed by atoms with Crippen LogP contribution in [0.3, 0.4) is 0 Å². The number of hydrogen-bond donors (Lipinski definition) is 0. The van der Waals surface area contributed by atoms with Crippen molar-refractivity contribution in [1.29, 1.82) is 0 Å².